The molecule has 0 spiro atoms. The van der Waals surface area contributed by atoms with E-state index in [1.807, 2.05) is 30.3 Å². The third-order valence-corrected chi connectivity index (χ3v) is 3.65. The molecule has 1 N–H and O–H groups in total. The van der Waals surface area contributed by atoms with Crippen LogP contribution in [0, 0.1) is 0 Å². The van der Waals surface area contributed by atoms with Crippen LogP contribution in [0.5, 0.6) is 5.75 Å². The third-order valence-electron chi connectivity index (χ3n) is 3.22. The molecule has 0 bridgehead atoms. The van der Waals surface area contributed by atoms with Gasteiger partial charge in [0, 0.05) is 6.54 Å². The molecule has 114 valence electrons. The van der Waals surface area contributed by atoms with E-state index in [0.29, 0.717) is 18.8 Å². The highest BCUT2D eigenvalue weighted by atomic mass is 79.9. The fraction of sp³-hybridized carbons (Fsp3) is 0.188. The predicted octanol–water partition coefficient (Wildman–Crippen LogP) is 4.00. The normalized spacial score (nSPS) is 10.8. The van der Waals surface area contributed by atoms with Crippen LogP contribution in [0.3, 0.4) is 0 Å². The molecule has 1 aromatic carbocycles. The summed E-state index contributed by atoms with van der Waals surface area (Å²) in [7, 11) is 1.65. The van der Waals surface area contributed by atoms with Gasteiger partial charge in [0.2, 0.25) is 0 Å². The molecule has 0 atom stereocenters. The lowest BCUT2D eigenvalue weighted by Crippen LogP contribution is -2.12. The van der Waals surface area contributed by atoms with Gasteiger partial charge < -0.3 is 18.9 Å². The Morgan fingerprint density at radius 2 is 2.14 bits per heavy atom. The number of nitrogens with one attached hydrogen (secondary N) is 1. The van der Waals surface area contributed by atoms with Crippen LogP contribution >= 0.6 is 15.9 Å². The van der Waals surface area contributed by atoms with E-state index >= 15 is 0 Å². The van der Waals surface area contributed by atoms with Crippen molar-refractivity contribution in [3.8, 4) is 17.1 Å². The standard InChI is InChI=1S/C16H15BrN2O3/c1-20-14-6-11(2-4-13(14)15-9-19-10-21-15)7-18-8-12-3-5-16(17)22-12/h2-6,9-10,18H,7-8H2,1H3. The van der Waals surface area contributed by atoms with Crippen molar-refractivity contribution in [2.45, 2.75) is 13.1 Å². The Hall–Kier alpha value is -2.05. The maximum absolute atomic E-state index is 5.44. The molecule has 0 fully saturated rings. The molecular formula is C16H15BrN2O3. The van der Waals surface area contributed by atoms with Gasteiger partial charge >= 0.3 is 0 Å². The topological polar surface area (TPSA) is 60.4 Å². The average Bonchev–Trinajstić information content (AvgIpc) is 3.19. The van der Waals surface area contributed by atoms with Crippen LogP contribution in [0.4, 0.5) is 0 Å². The number of benzene rings is 1. The van der Waals surface area contributed by atoms with Crippen LogP contribution in [0.2, 0.25) is 0 Å². The van der Waals surface area contributed by atoms with Crippen molar-refractivity contribution >= 4 is 15.9 Å². The zero-order chi connectivity index (χ0) is 15.4. The first-order chi connectivity index (χ1) is 10.8. The van der Waals surface area contributed by atoms with Gasteiger partial charge in [-0.05, 0) is 45.8 Å². The second-order valence-corrected chi connectivity index (χ2v) is 5.49. The number of oxazole rings is 1. The van der Waals surface area contributed by atoms with E-state index in [-0.39, 0.29) is 0 Å². The molecule has 0 radical (unpaired) electrons. The van der Waals surface area contributed by atoms with Gasteiger partial charge in [-0.2, -0.15) is 0 Å². The summed E-state index contributed by atoms with van der Waals surface area (Å²) in [6.07, 6.45) is 3.08. The van der Waals surface area contributed by atoms with Gasteiger partial charge in [0.05, 0.1) is 25.4 Å². The van der Waals surface area contributed by atoms with Crippen LogP contribution in [0.1, 0.15) is 11.3 Å². The SMILES string of the molecule is COc1cc(CNCc2ccc(Br)o2)ccc1-c1cnco1. The Balaban J connectivity index is 1.67. The monoisotopic (exact) mass is 362 g/mol. The highest BCUT2D eigenvalue weighted by molar-refractivity contribution is 9.10. The lowest BCUT2D eigenvalue weighted by Gasteiger charge is -2.09. The highest BCUT2D eigenvalue weighted by Gasteiger charge is 2.10. The zero-order valence-corrected chi connectivity index (χ0v) is 13.6. The number of ether oxygens (including phenoxy) is 1. The van der Waals surface area contributed by atoms with Crippen molar-refractivity contribution in [2.75, 3.05) is 7.11 Å². The van der Waals surface area contributed by atoms with E-state index in [4.69, 9.17) is 13.6 Å². The molecule has 0 aliphatic carbocycles. The molecule has 22 heavy (non-hydrogen) atoms. The number of halogens is 1. The summed E-state index contributed by atoms with van der Waals surface area (Å²) in [5, 5.41) is 3.33. The fourth-order valence-electron chi connectivity index (χ4n) is 2.17. The number of hydrogen-bond acceptors (Lipinski definition) is 5. The van der Waals surface area contributed by atoms with Gasteiger partial charge in [-0.15, -0.1) is 0 Å². The molecule has 0 saturated carbocycles. The van der Waals surface area contributed by atoms with E-state index < -0.39 is 0 Å². The fourth-order valence-corrected chi connectivity index (χ4v) is 2.51. The number of aromatic nitrogens is 1. The third kappa shape index (κ3) is 3.40. The summed E-state index contributed by atoms with van der Waals surface area (Å²) >= 11 is 3.29. The predicted molar refractivity (Wildman–Crippen MR) is 85.4 cm³/mol. The van der Waals surface area contributed by atoms with Crippen LogP contribution in [0.25, 0.3) is 11.3 Å². The molecule has 0 saturated heterocycles. The van der Waals surface area contributed by atoms with E-state index in [0.717, 1.165) is 27.3 Å². The minimum absolute atomic E-state index is 0.664. The summed E-state index contributed by atoms with van der Waals surface area (Å²) < 4.78 is 16.9. The molecular weight excluding hydrogens is 348 g/mol. The van der Waals surface area contributed by atoms with E-state index in [1.54, 1.807) is 13.3 Å². The van der Waals surface area contributed by atoms with Gasteiger partial charge in [0.25, 0.3) is 0 Å². The number of methoxy groups -OCH3 is 1. The van der Waals surface area contributed by atoms with Crippen molar-refractivity contribution in [1.82, 2.24) is 10.3 Å². The van der Waals surface area contributed by atoms with Crippen molar-refractivity contribution in [2.24, 2.45) is 0 Å². The van der Waals surface area contributed by atoms with E-state index in [9.17, 15) is 0 Å². The quantitative estimate of drug-likeness (QED) is 0.718. The second kappa shape index (κ2) is 6.81. The molecule has 2 heterocycles. The molecule has 3 rings (SSSR count). The largest absolute Gasteiger partial charge is 0.496 e. The molecule has 0 aliphatic rings. The molecule has 5 nitrogen and oxygen atoms in total. The van der Waals surface area contributed by atoms with Crippen LogP contribution in [-0.2, 0) is 13.1 Å². The van der Waals surface area contributed by atoms with Gasteiger partial charge in [-0.25, -0.2) is 4.98 Å². The minimum atomic E-state index is 0.664. The van der Waals surface area contributed by atoms with Gasteiger partial charge in [-0.1, -0.05) is 6.07 Å². The first-order valence-corrected chi connectivity index (χ1v) is 7.56. The lowest BCUT2D eigenvalue weighted by atomic mass is 10.1. The highest BCUT2D eigenvalue weighted by Crippen LogP contribution is 2.30. The Kier molecular flexibility index (Phi) is 4.60. The number of hydrogen-bond donors (Lipinski definition) is 1. The Labute approximate surface area is 136 Å². The molecule has 0 aliphatic heterocycles. The summed E-state index contributed by atoms with van der Waals surface area (Å²) in [5.74, 6) is 2.34. The van der Waals surface area contributed by atoms with Crippen LogP contribution in [-0.4, -0.2) is 12.1 Å². The van der Waals surface area contributed by atoms with Crippen molar-refractivity contribution in [3.63, 3.8) is 0 Å². The van der Waals surface area contributed by atoms with Crippen LogP contribution < -0.4 is 10.1 Å². The smallest absolute Gasteiger partial charge is 0.181 e. The number of rotatable bonds is 6. The maximum atomic E-state index is 5.44. The summed E-state index contributed by atoms with van der Waals surface area (Å²) in [6, 6.07) is 9.81. The van der Waals surface area contributed by atoms with E-state index in [2.05, 4.69) is 26.2 Å². The molecule has 6 heteroatoms. The summed E-state index contributed by atoms with van der Waals surface area (Å²) in [5.41, 5.74) is 2.00. The number of nitrogens with zero attached hydrogens (tertiary/aromatic N) is 1. The summed E-state index contributed by atoms with van der Waals surface area (Å²) in [4.78, 5) is 3.93. The zero-order valence-electron chi connectivity index (χ0n) is 12.0. The molecule has 3 aromatic rings. The van der Waals surface area contributed by atoms with Crippen molar-refractivity contribution in [3.05, 3.63) is 58.9 Å². The van der Waals surface area contributed by atoms with Gasteiger partial charge in [-0.3, -0.25) is 0 Å². The second-order valence-electron chi connectivity index (χ2n) is 4.71. The molecule has 0 unspecified atom stereocenters. The Morgan fingerprint density at radius 1 is 1.23 bits per heavy atom. The van der Waals surface area contributed by atoms with Crippen LogP contribution in [0.15, 0.2) is 56.4 Å². The van der Waals surface area contributed by atoms with E-state index in [1.165, 1.54) is 6.39 Å². The lowest BCUT2D eigenvalue weighted by molar-refractivity contribution is 0.413. The first kappa shape index (κ1) is 14.9. The maximum Gasteiger partial charge on any atom is 0.181 e. The molecule has 0 amide bonds. The van der Waals surface area contributed by atoms with Crippen molar-refractivity contribution in [1.29, 1.82) is 0 Å². The van der Waals surface area contributed by atoms with Gasteiger partial charge in [0.1, 0.15) is 11.5 Å². The first-order valence-electron chi connectivity index (χ1n) is 6.77. The average molecular weight is 363 g/mol. The molecule has 2 aromatic heterocycles. The van der Waals surface area contributed by atoms with Crippen molar-refractivity contribution < 1.29 is 13.6 Å². The minimum Gasteiger partial charge on any atom is -0.496 e. The Morgan fingerprint density at radius 3 is 2.82 bits per heavy atom. The Bertz CT molecular complexity index is 738. The number of furan rings is 1. The summed E-state index contributed by atoms with van der Waals surface area (Å²) in [6.45, 7) is 1.38. The van der Waals surface area contributed by atoms with Gasteiger partial charge in [0.15, 0.2) is 16.8 Å².